The molecule has 0 aliphatic carbocycles. The Labute approximate surface area is 125 Å². The molecule has 90 valence electrons. The summed E-state index contributed by atoms with van der Waals surface area (Å²) in [5.74, 6) is -0.280. The van der Waals surface area contributed by atoms with Gasteiger partial charge in [0.2, 0.25) is 0 Å². The summed E-state index contributed by atoms with van der Waals surface area (Å²) < 4.78 is 15.5. The van der Waals surface area contributed by atoms with Crippen molar-refractivity contribution >= 4 is 49.9 Å². The van der Waals surface area contributed by atoms with E-state index in [0.717, 1.165) is 12.9 Å². The van der Waals surface area contributed by atoms with Crippen molar-refractivity contribution in [1.82, 2.24) is 0 Å². The molecule has 1 heterocycles. The first-order valence-electron chi connectivity index (χ1n) is 4.92. The standard InChI is InChI=1S/C12H9BrFIOS/c13-9-1-2-10(14)7(3-9)4-11(16)8-5-12(15)17-6-8/h1-3,5-6,11,16H,4H2. The maximum absolute atomic E-state index is 13.5. The van der Waals surface area contributed by atoms with Crippen LogP contribution >= 0.6 is 49.9 Å². The second-order valence-electron chi connectivity index (χ2n) is 3.64. The van der Waals surface area contributed by atoms with Crippen LogP contribution in [0.1, 0.15) is 17.2 Å². The third kappa shape index (κ3) is 3.49. The van der Waals surface area contributed by atoms with Crippen molar-refractivity contribution in [2.75, 3.05) is 0 Å². The number of hydrogen-bond donors (Lipinski definition) is 1. The van der Waals surface area contributed by atoms with Crippen LogP contribution in [0.2, 0.25) is 0 Å². The van der Waals surface area contributed by atoms with E-state index in [1.165, 1.54) is 6.07 Å². The minimum atomic E-state index is -0.654. The minimum Gasteiger partial charge on any atom is -0.388 e. The Bertz CT molecular complexity index is 529. The average molecular weight is 427 g/mol. The monoisotopic (exact) mass is 426 g/mol. The SMILES string of the molecule is OC(Cc1cc(Br)ccc1F)c1csc(I)c1. The van der Waals surface area contributed by atoms with E-state index < -0.39 is 6.10 Å². The van der Waals surface area contributed by atoms with Gasteiger partial charge in [-0.3, -0.25) is 0 Å². The molecule has 1 nitrogen and oxygen atoms in total. The molecule has 2 aromatic rings. The van der Waals surface area contributed by atoms with Gasteiger partial charge in [-0.25, -0.2) is 4.39 Å². The van der Waals surface area contributed by atoms with Crippen LogP contribution in [0.4, 0.5) is 4.39 Å². The first kappa shape index (κ1) is 13.5. The van der Waals surface area contributed by atoms with Crippen LogP contribution in [-0.2, 0) is 6.42 Å². The molecule has 0 bridgehead atoms. The number of aliphatic hydroxyl groups excluding tert-OH is 1. The Morgan fingerprint density at radius 1 is 1.41 bits per heavy atom. The predicted octanol–water partition coefficient (Wildman–Crippen LogP) is 4.53. The highest BCUT2D eigenvalue weighted by molar-refractivity contribution is 14.1. The molecular weight excluding hydrogens is 418 g/mol. The minimum absolute atomic E-state index is 0.280. The lowest BCUT2D eigenvalue weighted by atomic mass is 10.0. The van der Waals surface area contributed by atoms with E-state index >= 15 is 0 Å². The highest BCUT2D eigenvalue weighted by Crippen LogP contribution is 2.26. The summed E-state index contributed by atoms with van der Waals surface area (Å²) in [7, 11) is 0. The van der Waals surface area contributed by atoms with Gasteiger partial charge in [-0.2, -0.15) is 0 Å². The lowest BCUT2D eigenvalue weighted by Gasteiger charge is -2.10. The summed E-state index contributed by atoms with van der Waals surface area (Å²) in [4.78, 5) is 0. The van der Waals surface area contributed by atoms with Gasteiger partial charge in [-0.05, 0) is 63.4 Å². The van der Waals surface area contributed by atoms with Gasteiger partial charge in [0.05, 0.1) is 8.99 Å². The van der Waals surface area contributed by atoms with Crippen LogP contribution in [-0.4, -0.2) is 5.11 Å². The second-order valence-corrected chi connectivity index (χ2v) is 7.36. The lowest BCUT2D eigenvalue weighted by Crippen LogP contribution is -2.02. The first-order valence-corrected chi connectivity index (χ1v) is 7.67. The number of hydrogen-bond acceptors (Lipinski definition) is 2. The van der Waals surface area contributed by atoms with Gasteiger partial charge in [0.25, 0.3) is 0 Å². The van der Waals surface area contributed by atoms with Crippen molar-refractivity contribution < 1.29 is 9.50 Å². The molecule has 0 saturated heterocycles. The fourth-order valence-corrected chi connectivity index (χ4v) is 3.35. The van der Waals surface area contributed by atoms with Crippen LogP contribution < -0.4 is 0 Å². The molecule has 0 radical (unpaired) electrons. The van der Waals surface area contributed by atoms with Gasteiger partial charge in [0, 0.05) is 10.9 Å². The van der Waals surface area contributed by atoms with E-state index in [0.29, 0.717) is 5.56 Å². The smallest absolute Gasteiger partial charge is 0.126 e. The topological polar surface area (TPSA) is 20.2 Å². The third-order valence-electron chi connectivity index (χ3n) is 2.39. The summed E-state index contributed by atoms with van der Waals surface area (Å²) >= 11 is 7.08. The van der Waals surface area contributed by atoms with Crippen LogP contribution in [0, 0.1) is 8.70 Å². The zero-order chi connectivity index (χ0) is 12.4. The Hall–Kier alpha value is 0.0200. The van der Waals surface area contributed by atoms with Crippen molar-refractivity contribution in [3.05, 3.63) is 53.9 Å². The lowest BCUT2D eigenvalue weighted by molar-refractivity contribution is 0.177. The molecule has 1 aromatic heterocycles. The van der Waals surface area contributed by atoms with E-state index in [-0.39, 0.29) is 12.2 Å². The maximum atomic E-state index is 13.5. The third-order valence-corrected chi connectivity index (χ3v) is 4.69. The Morgan fingerprint density at radius 3 is 2.82 bits per heavy atom. The van der Waals surface area contributed by atoms with Crippen LogP contribution in [0.5, 0.6) is 0 Å². The average Bonchev–Trinajstić information content (AvgIpc) is 2.70. The fourth-order valence-electron chi connectivity index (χ4n) is 1.52. The summed E-state index contributed by atoms with van der Waals surface area (Å²) in [5.41, 5.74) is 1.37. The Balaban J connectivity index is 2.18. The molecular formula is C12H9BrFIOS. The largest absolute Gasteiger partial charge is 0.388 e. The summed E-state index contributed by atoms with van der Waals surface area (Å²) in [6.07, 6.45) is -0.364. The van der Waals surface area contributed by atoms with Gasteiger partial charge < -0.3 is 5.11 Å². The van der Waals surface area contributed by atoms with Crippen LogP contribution in [0.3, 0.4) is 0 Å². The molecule has 0 aliphatic rings. The molecule has 0 fully saturated rings. The van der Waals surface area contributed by atoms with Gasteiger partial charge >= 0.3 is 0 Å². The zero-order valence-electron chi connectivity index (χ0n) is 8.66. The highest BCUT2D eigenvalue weighted by Gasteiger charge is 2.13. The van der Waals surface area contributed by atoms with Crippen molar-refractivity contribution in [2.45, 2.75) is 12.5 Å². The Kier molecular flexibility index (Phi) is 4.57. The molecule has 5 heteroatoms. The molecule has 1 unspecified atom stereocenters. The number of halogens is 3. The summed E-state index contributed by atoms with van der Waals surface area (Å²) in [5, 5.41) is 11.9. The first-order chi connectivity index (χ1) is 8.06. The quantitative estimate of drug-likeness (QED) is 0.715. The second kappa shape index (κ2) is 5.77. The molecule has 1 atom stereocenters. The Morgan fingerprint density at radius 2 is 2.18 bits per heavy atom. The van der Waals surface area contributed by atoms with E-state index in [9.17, 15) is 9.50 Å². The summed E-state index contributed by atoms with van der Waals surface area (Å²) in [6.45, 7) is 0. The number of aliphatic hydroxyl groups is 1. The van der Waals surface area contributed by atoms with E-state index in [1.807, 2.05) is 11.4 Å². The van der Waals surface area contributed by atoms with E-state index in [1.54, 1.807) is 23.5 Å². The number of rotatable bonds is 3. The molecule has 1 N–H and O–H groups in total. The number of benzene rings is 1. The van der Waals surface area contributed by atoms with E-state index in [4.69, 9.17) is 0 Å². The molecule has 17 heavy (non-hydrogen) atoms. The number of thiophene rings is 1. The van der Waals surface area contributed by atoms with Gasteiger partial charge in [-0.1, -0.05) is 15.9 Å². The molecule has 0 amide bonds. The normalized spacial score (nSPS) is 12.7. The van der Waals surface area contributed by atoms with Crippen LogP contribution in [0.15, 0.2) is 34.1 Å². The highest BCUT2D eigenvalue weighted by atomic mass is 127. The van der Waals surface area contributed by atoms with Crippen molar-refractivity contribution in [2.24, 2.45) is 0 Å². The maximum Gasteiger partial charge on any atom is 0.126 e. The van der Waals surface area contributed by atoms with Gasteiger partial charge in [0.1, 0.15) is 5.82 Å². The fraction of sp³-hybridized carbons (Fsp3) is 0.167. The molecule has 2 rings (SSSR count). The molecule has 0 aliphatic heterocycles. The van der Waals surface area contributed by atoms with Gasteiger partial charge in [-0.15, -0.1) is 11.3 Å². The molecule has 0 saturated carbocycles. The predicted molar refractivity (Wildman–Crippen MR) is 79.8 cm³/mol. The van der Waals surface area contributed by atoms with Crippen molar-refractivity contribution in [3.63, 3.8) is 0 Å². The van der Waals surface area contributed by atoms with E-state index in [2.05, 4.69) is 38.5 Å². The molecule has 0 spiro atoms. The molecule has 1 aromatic carbocycles. The zero-order valence-corrected chi connectivity index (χ0v) is 13.2. The summed E-state index contributed by atoms with van der Waals surface area (Å²) in [6, 6.07) is 6.68. The van der Waals surface area contributed by atoms with Gasteiger partial charge in [0.15, 0.2) is 0 Å². The van der Waals surface area contributed by atoms with Crippen molar-refractivity contribution in [1.29, 1.82) is 0 Å². The van der Waals surface area contributed by atoms with Crippen molar-refractivity contribution in [3.8, 4) is 0 Å². The van der Waals surface area contributed by atoms with Crippen LogP contribution in [0.25, 0.3) is 0 Å².